The predicted octanol–water partition coefficient (Wildman–Crippen LogP) is -0.0414. The third kappa shape index (κ3) is 4.69. The molecule has 1 saturated heterocycles. The number of carbonyl (C=O) groups is 2. The Labute approximate surface area is 170 Å². The molecule has 0 aromatic heterocycles. The van der Waals surface area contributed by atoms with Crippen molar-refractivity contribution in [3.05, 3.63) is 24.3 Å². The van der Waals surface area contributed by atoms with Gasteiger partial charge in [0.2, 0.25) is 12.6 Å². The Hall–Kier alpha value is -2.21. The van der Waals surface area contributed by atoms with Gasteiger partial charge in [-0.2, -0.15) is 13.6 Å². The van der Waals surface area contributed by atoms with Gasteiger partial charge in [0.1, 0.15) is 10.6 Å². The molecular formula is C18H28N3O7S+. The molecule has 1 aromatic rings. The van der Waals surface area contributed by atoms with Crippen LogP contribution in [0.3, 0.4) is 0 Å². The van der Waals surface area contributed by atoms with Crippen molar-refractivity contribution in [2.75, 3.05) is 40.0 Å². The van der Waals surface area contributed by atoms with Gasteiger partial charge in [0.15, 0.2) is 0 Å². The molecule has 1 aromatic carbocycles. The summed E-state index contributed by atoms with van der Waals surface area (Å²) in [6.07, 6.45) is 0. The van der Waals surface area contributed by atoms with Crippen molar-refractivity contribution in [3.8, 4) is 5.75 Å². The van der Waals surface area contributed by atoms with Gasteiger partial charge >= 0.3 is 10.0 Å². The molecular weight excluding hydrogens is 402 g/mol. The molecule has 2 amide bonds. The van der Waals surface area contributed by atoms with Crippen LogP contribution in [0.4, 0.5) is 0 Å². The van der Waals surface area contributed by atoms with E-state index in [2.05, 4.69) is 0 Å². The van der Waals surface area contributed by atoms with Crippen molar-refractivity contribution in [2.24, 2.45) is 11.7 Å². The monoisotopic (exact) mass is 430 g/mol. The first-order valence-electron chi connectivity index (χ1n) is 9.19. The Bertz CT molecular complexity index is 836. The SMILES string of the molecule is COc1ccc(S(=O)(=O)[N+](O)(CC(=O)N2CCOCC2)[C@@H](C(N)=O)C(C)C)cc1. The maximum Gasteiger partial charge on any atom is 0.358 e. The first-order valence-corrected chi connectivity index (χ1v) is 10.6. The minimum atomic E-state index is -4.59. The highest BCUT2D eigenvalue weighted by Crippen LogP contribution is 2.30. The number of carbonyl (C=O) groups excluding carboxylic acids is 2. The number of ether oxygens (including phenoxy) is 2. The third-order valence-corrected chi connectivity index (χ3v) is 6.91. The number of nitrogens with zero attached hydrogens (tertiary/aromatic N) is 2. The Morgan fingerprint density at radius 3 is 2.24 bits per heavy atom. The lowest BCUT2D eigenvalue weighted by molar-refractivity contribution is -1.01. The van der Waals surface area contributed by atoms with E-state index in [0.717, 1.165) is 0 Å². The van der Waals surface area contributed by atoms with Gasteiger partial charge < -0.3 is 20.1 Å². The quantitative estimate of drug-likeness (QED) is 0.436. The van der Waals surface area contributed by atoms with Crippen molar-refractivity contribution in [2.45, 2.75) is 24.8 Å². The molecule has 0 radical (unpaired) electrons. The van der Waals surface area contributed by atoms with Crippen LogP contribution in [0, 0.1) is 5.92 Å². The number of rotatable bonds is 8. The molecule has 162 valence electrons. The summed E-state index contributed by atoms with van der Waals surface area (Å²) in [5.41, 5.74) is 5.45. The van der Waals surface area contributed by atoms with Crippen molar-refractivity contribution < 1.29 is 36.7 Å². The first kappa shape index (κ1) is 23.1. The Morgan fingerprint density at radius 2 is 1.79 bits per heavy atom. The molecule has 0 bridgehead atoms. The van der Waals surface area contributed by atoms with Crippen LogP contribution in [0.1, 0.15) is 13.8 Å². The van der Waals surface area contributed by atoms with E-state index in [1.54, 1.807) is 13.8 Å². The minimum absolute atomic E-state index is 0.262. The molecule has 1 fully saturated rings. The van der Waals surface area contributed by atoms with Gasteiger partial charge in [0.25, 0.3) is 11.8 Å². The normalized spacial score (nSPS) is 18.2. The molecule has 0 spiro atoms. The zero-order valence-corrected chi connectivity index (χ0v) is 17.6. The van der Waals surface area contributed by atoms with Gasteiger partial charge in [-0.15, -0.1) is 0 Å². The number of nitrogens with two attached hydrogens (primary N) is 1. The highest BCUT2D eigenvalue weighted by molar-refractivity contribution is 7.85. The smallest absolute Gasteiger partial charge is 0.358 e. The van der Waals surface area contributed by atoms with Crippen molar-refractivity contribution in [3.63, 3.8) is 0 Å². The second kappa shape index (κ2) is 9.08. The number of hydrogen-bond donors (Lipinski definition) is 2. The van der Waals surface area contributed by atoms with Gasteiger partial charge in [0.05, 0.1) is 20.3 Å². The van der Waals surface area contributed by atoms with Gasteiger partial charge in [-0.3, -0.25) is 9.59 Å². The molecule has 3 N–H and O–H groups in total. The second-order valence-corrected chi connectivity index (χ2v) is 9.20. The maximum atomic E-state index is 13.4. The summed E-state index contributed by atoms with van der Waals surface area (Å²) in [7, 11) is -3.16. The van der Waals surface area contributed by atoms with Gasteiger partial charge in [-0.25, -0.2) is 0 Å². The number of methoxy groups -OCH3 is 1. The van der Waals surface area contributed by atoms with E-state index in [-0.39, 0.29) is 18.0 Å². The van der Waals surface area contributed by atoms with Gasteiger partial charge in [-0.05, 0) is 24.3 Å². The summed E-state index contributed by atoms with van der Waals surface area (Å²) < 4.78 is 35.2. The second-order valence-electron chi connectivity index (χ2n) is 7.15. The average Bonchev–Trinajstić information content (AvgIpc) is 2.67. The molecule has 10 nitrogen and oxygen atoms in total. The lowest BCUT2D eigenvalue weighted by Crippen LogP contribution is -2.66. The third-order valence-electron chi connectivity index (χ3n) is 4.86. The fraction of sp³-hybridized carbons (Fsp3) is 0.556. The number of amides is 2. The van der Waals surface area contributed by atoms with E-state index in [1.165, 1.54) is 36.3 Å². The van der Waals surface area contributed by atoms with Gasteiger partial charge in [0, 0.05) is 19.0 Å². The number of primary amides is 1. The minimum Gasteiger partial charge on any atom is -0.497 e. The number of hydroxylamine groups is 2. The number of morpholine rings is 1. The number of sulfonamides is 1. The van der Waals surface area contributed by atoms with Crippen LogP contribution in [0.5, 0.6) is 5.75 Å². The van der Waals surface area contributed by atoms with Crippen LogP contribution >= 0.6 is 0 Å². The van der Waals surface area contributed by atoms with Crippen LogP contribution in [0.2, 0.25) is 0 Å². The van der Waals surface area contributed by atoms with Crippen LogP contribution in [0.15, 0.2) is 29.2 Å². The molecule has 11 heteroatoms. The fourth-order valence-corrected chi connectivity index (χ4v) is 5.13. The number of benzene rings is 1. The van der Waals surface area contributed by atoms with Crippen molar-refractivity contribution in [1.29, 1.82) is 0 Å². The largest absolute Gasteiger partial charge is 0.497 e. The Balaban J connectivity index is 2.52. The van der Waals surface area contributed by atoms with E-state index in [0.29, 0.717) is 19.0 Å². The highest BCUT2D eigenvalue weighted by Gasteiger charge is 2.55. The predicted molar refractivity (Wildman–Crippen MR) is 102 cm³/mol. The summed E-state index contributed by atoms with van der Waals surface area (Å²) in [6, 6.07) is 3.77. The summed E-state index contributed by atoms with van der Waals surface area (Å²) in [5, 5.41) is 11.4. The van der Waals surface area contributed by atoms with E-state index >= 15 is 0 Å². The van der Waals surface area contributed by atoms with E-state index in [1.807, 2.05) is 0 Å². The first-order chi connectivity index (χ1) is 13.5. The molecule has 1 heterocycles. The average molecular weight is 431 g/mol. The molecule has 1 unspecified atom stereocenters. The summed E-state index contributed by atoms with van der Waals surface area (Å²) >= 11 is 0. The topological polar surface area (TPSA) is 136 Å². The summed E-state index contributed by atoms with van der Waals surface area (Å²) in [6.45, 7) is 3.43. The van der Waals surface area contributed by atoms with E-state index in [4.69, 9.17) is 15.2 Å². The standard InChI is InChI=1S/C18H27N3O7S/c1-13(2)17(18(19)23)21(24,12-16(22)20-8-10-28-11-9-20)29(25,26)15-6-4-14(27-3)5-7-15/h4-7,13,17,24H,8-12H2,1-3H3,(H-,19,23)/p+1/t17-,21?/m1/s1. The summed E-state index contributed by atoms with van der Waals surface area (Å²) in [5.74, 6) is -1.86. The summed E-state index contributed by atoms with van der Waals surface area (Å²) in [4.78, 5) is 26.1. The lowest BCUT2D eigenvalue weighted by atomic mass is 10.0. The fourth-order valence-electron chi connectivity index (χ4n) is 3.36. The molecule has 2 rings (SSSR count). The van der Waals surface area contributed by atoms with E-state index in [9.17, 15) is 23.2 Å². The molecule has 2 atom stereocenters. The molecule has 0 saturated carbocycles. The van der Waals surface area contributed by atoms with Crippen LogP contribution < -0.4 is 10.5 Å². The highest BCUT2D eigenvalue weighted by atomic mass is 32.2. The van der Waals surface area contributed by atoms with Crippen molar-refractivity contribution in [1.82, 2.24) is 4.90 Å². The van der Waals surface area contributed by atoms with Crippen molar-refractivity contribution >= 4 is 21.8 Å². The molecule has 1 aliphatic rings. The van der Waals surface area contributed by atoms with Crippen LogP contribution in [0.25, 0.3) is 0 Å². The zero-order valence-electron chi connectivity index (χ0n) is 16.8. The number of quaternary nitrogens is 1. The molecule has 1 aliphatic heterocycles. The zero-order chi connectivity index (χ0) is 21.8. The maximum absolute atomic E-state index is 13.4. The Kier molecular flexibility index (Phi) is 7.22. The number of hydrogen-bond acceptors (Lipinski definition) is 7. The van der Waals surface area contributed by atoms with E-state index < -0.39 is 44.4 Å². The lowest BCUT2D eigenvalue weighted by Gasteiger charge is -2.37. The Morgan fingerprint density at radius 1 is 1.24 bits per heavy atom. The van der Waals surface area contributed by atoms with Crippen LogP contribution in [-0.4, -0.2) is 80.4 Å². The molecule has 29 heavy (non-hydrogen) atoms. The van der Waals surface area contributed by atoms with Crippen LogP contribution in [-0.2, 0) is 24.3 Å². The molecule has 0 aliphatic carbocycles. The van der Waals surface area contributed by atoms with Gasteiger partial charge in [-0.1, -0.05) is 17.9 Å².